The van der Waals surface area contributed by atoms with Crippen molar-refractivity contribution in [3.8, 4) is 0 Å². The SMILES string of the molecule is O=C(O)C1CCCN1S(=O)(=O)c1c(Cl)cc(F)cc1Br. The van der Waals surface area contributed by atoms with E-state index in [0.717, 1.165) is 16.4 Å². The van der Waals surface area contributed by atoms with Gasteiger partial charge in [0.05, 0.1) is 5.02 Å². The number of halogens is 3. The smallest absolute Gasteiger partial charge is 0.322 e. The predicted molar refractivity (Wildman–Crippen MR) is 73.7 cm³/mol. The van der Waals surface area contributed by atoms with Gasteiger partial charge in [-0.15, -0.1) is 0 Å². The van der Waals surface area contributed by atoms with Gasteiger partial charge in [0, 0.05) is 11.0 Å². The summed E-state index contributed by atoms with van der Waals surface area (Å²) in [5, 5.41) is 8.78. The fourth-order valence-corrected chi connectivity index (χ4v) is 5.57. The van der Waals surface area contributed by atoms with Gasteiger partial charge in [0.15, 0.2) is 0 Å². The average Bonchev–Trinajstić information content (AvgIpc) is 2.75. The number of sulfonamides is 1. The van der Waals surface area contributed by atoms with E-state index in [1.54, 1.807) is 0 Å². The number of benzene rings is 1. The highest BCUT2D eigenvalue weighted by Crippen LogP contribution is 2.35. The molecule has 1 aromatic rings. The fourth-order valence-electron chi connectivity index (χ4n) is 2.17. The molecule has 1 aliphatic rings. The molecule has 9 heteroatoms. The van der Waals surface area contributed by atoms with E-state index in [1.807, 2.05) is 0 Å². The number of nitrogens with zero attached hydrogens (tertiary/aromatic N) is 1. The van der Waals surface area contributed by atoms with Gasteiger partial charge in [-0.1, -0.05) is 11.6 Å². The van der Waals surface area contributed by atoms with Gasteiger partial charge in [0.1, 0.15) is 16.8 Å². The van der Waals surface area contributed by atoms with Crippen LogP contribution in [-0.2, 0) is 14.8 Å². The van der Waals surface area contributed by atoms with Crippen LogP contribution in [0.4, 0.5) is 4.39 Å². The molecule has 1 fully saturated rings. The zero-order valence-corrected chi connectivity index (χ0v) is 13.2. The Kier molecular flexibility index (Phi) is 4.38. The molecule has 20 heavy (non-hydrogen) atoms. The third-order valence-electron chi connectivity index (χ3n) is 3.02. The quantitative estimate of drug-likeness (QED) is 0.866. The van der Waals surface area contributed by atoms with Crippen molar-refractivity contribution >= 4 is 43.5 Å². The lowest BCUT2D eigenvalue weighted by Crippen LogP contribution is -2.40. The molecule has 0 amide bonds. The Labute approximate surface area is 128 Å². The molecule has 5 nitrogen and oxygen atoms in total. The number of rotatable bonds is 3. The van der Waals surface area contributed by atoms with Crippen LogP contribution in [-0.4, -0.2) is 36.4 Å². The monoisotopic (exact) mass is 385 g/mol. The molecule has 1 aliphatic heterocycles. The van der Waals surface area contributed by atoms with Crippen LogP contribution in [0.5, 0.6) is 0 Å². The maximum absolute atomic E-state index is 13.2. The van der Waals surface area contributed by atoms with Crippen molar-refractivity contribution in [2.24, 2.45) is 0 Å². The van der Waals surface area contributed by atoms with Crippen LogP contribution in [0, 0.1) is 5.82 Å². The van der Waals surface area contributed by atoms with Gasteiger partial charge >= 0.3 is 5.97 Å². The molecule has 0 aromatic heterocycles. The van der Waals surface area contributed by atoms with E-state index in [-0.39, 0.29) is 27.4 Å². The van der Waals surface area contributed by atoms with Crippen LogP contribution in [0.2, 0.25) is 5.02 Å². The molecule has 110 valence electrons. The molecular formula is C11H10BrClFNO4S. The maximum atomic E-state index is 13.2. The first-order chi connectivity index (χ1) is 9.25. The summed E-state index contributed by atoms with van der Waals surface area (Å²) in [5.74, 6) is -1.89. The molecule has 2 rings (SSSR count). The standard InChI is InChI=1S/C11H10BrClFNO4S/c12-7-4-6(14)5-8(13)10(7)20(18,19)15-3-1-2-9(15)11(16)17/h4-5,9H,1-3H2,(H,16,17). The molecule has 0 saturated carbocycles. The Hall–Kier alpha value is -0.700. The van der Waals surface area contributed by atoms with Crippen LogP contribution in [0.25, 0.3) is 0 Å². The van der Waals surface area contributed by atoms with Crippen molar-refractivity contribution in [2.45, 2.75) is 23.8 Å². The predicted octanol–water partition coefficient (Wildman–Crippen LogP) is 2.48. The second kappa shape index (κ2) is 5.59. The van der Waals surface area contributed by atoms with Crippen molar-refractivity contribution in [2.75, 3.05) is 6.54 Å². The second-order valence-electron chi connectivity index (χ2n) is 4.31. The Bertz CT molecular complexity index is 643. The first-order valence-corrected chi connectivity index (χ1v) is 8.25. The van der Waals surface area contributed by atoms with Crippen molar-refractivity contribution in [1.29, 1.82) is 0 Å². The average molecular weight is 387 g/mol. The molecule has 1 atom stereocenters. The molecule has 1 heterocycles. The maximum Gasteiger partial charge on any atom is 0.322 e. The Balaban J connectivity index is 2.54. The third-order valence-corrected chi connectivity index (χ3v) is 6.33. The lowest BCUT2D eigenvalue weighted by molar-refractivity contribution is -0.140. The number of carboxylic acid groups (broad SMARTS) is 1. The van der Waals surface area contributed by atoms with Gasteiger partial charge in [-0.3, -0.25) is 4.79 Å². The first kappa shape index (κ1) is 15.7. The molecule has 1 saturated heterocycles. The van der Waals surface area contributed by atoms with Gasteiger partial charge in [0.25, 0.3) is 0 Å². The summed E-state index contributed by atoms with van der Waals surface area (Å²) in [7, 11) is -4.10. The van der Waals surface area contributed by atoms with Crippen LogP contribution in [0.1, 0.15) is 12.8 Å². The Morgan fingerprint density at radius 3 is 2.70 bits per heavy atom. The van der Waals surface area contributed by atoms with Gasteiger partial charge in [-0.2, -0.15) is 4.31 Å². The third kappa shape index (κ3) is 2.69. The molecule has 1 N–H and O–H groups in total. The van der Waals surface area contributed by atoms with E-state index >= 15 is 0 Å². The van der Waals surface area contributed by atoms with Crippen molar-refractivity contribution < 1.29 is 22.7 Å². The van der Waals surface area contributed by atoms with E-state index in [4.69, 9.17) is 16.7 Å². The van der Waals surface area contributed by atoms with Gasteiger partial charge < -0.3 is 5.11 Å². The zero-order chi connectivity index (χ0) is 15.1. The van der Waals surface area contributed by atoms with Crippen molar-refractivity contribution in [3.05, 3.63) is 27.4 Å². The van der Waals surface area contributed by atoms with E-state index in [2.05, 4.69) is 15.9 Å². The summed E-state index contributed by atoms with van der Waals surface area (Å²) in [6, 6.07) is 0.739. The minimum absolute atomic E-state index is 0.0291. The van der Waals surface area contributed by atoms with E-state index < -0.39 is 27.9 Å². The van der Waals surface area contributed by atoms with Crippen LogP contribution in [0.15, 0.2) is 21.5 Å². The topological polar surface area (TPSA) is 74.7 Å². The minimum Gasteiger partial charge on any atom is -0.480 e. The summed E-state index contributed by atoms with van der Waals surface area (Å²) >= 11 is 8.76. The molecule has 0 aliphatic carbocycles. The molecule has 1 aromatic carbocycles. The highest BCUT2D eigenvalue weighted by Gasteiger charge is 2.41. The molecule has 0 bridgehead atoms. The zero-order valence-electron chi connectivity index (χ0n) is 10.0. The minimum atomic E-state index is -4.10. The summed E-state index contributed by atoms with van der Waals surface area (Å²) in [6.07, 6.45) is 0.692. The summed E-state index contributed by atoms with van der Waals surface area (Å²) in [6.45, 7) is 0.0967. The van der Waals surface area contributed by atoms with Crippen LogP contribution < -0.4 is 0 Å². The van der Waals surface area contributed by atoms with Crippen LogP contribution >= 0.6 is 27.5 Å². The number of aliphatic carboxylic acids is 1. The van der Waals surface area contributed by atoms with Crippen molar-refractivity contribution in [1.82, 2.24) is 4.31 Å². The lowest BCUT2D eigenvalue weighted by atomic mass is 10.2. The second-order valence-corrected chi connectivity index (χ2v) is 7.40. The largest absolute Gasteiger partial charge is 0.480 e. The summed E-state index contributed by atoms with van der Waals surface area (Å²) in [5.41, 5.74) is 0. The number of carbonyl (C=O) groups is 1. The molecule has 0 radical (unpaired) electrons. The van der Waals surface area contributed by atoms with Gasteiger partial charge in [-0.05, 0) is 40.9 Å². The van der Waals surface area contributed by atoms with E-state index in [0.29, 0.717) is 6.42 Å². The number of hydrogen-bond acceptors (Lipinski definition) is 3. The van der Waals surface area contributed by atoms with Gasteiger partial charge in [0.2, 0.25) is 10.0 Å². The van der Waals surface area contributed by atoms with Crippen molar-refractivity contribution in [3.63, 3.8) is 0 Å². The van der Waals surface area contributed by atoms with E-state index in [1.165, 1.54) is 0 Å². The molecule has 0 spiro atoms. The van der Waals surface area contributed by atoms with Gasteiger partial charge in [-0.25, -0.2) is 12.8 Å². The number of carboxylic acids is 1. The summed E-state index contributed by atoms with van der Waals surface area (Å²) < 4.78 is 39.1. The normalized spacial score (nSPS) is 20.2. The summed E-state index contributed by atoms with van der Waals surface area (Å²) in [4.78, 5) is 10.8. The van der Waals surface area contributed by atoms with E-state index in [9.17, 15) is 17.6 Å². The Morgan fingerprint density at radius 2 is 2.15 bits per heavy atom. The first-order valence-electron chi connectivity index (χ1n) is 5.64. The highest BCUT2D eigenvalue weighted by atomic mass is 79.9. The molecule has 1 unspecified atom stereocenters. The number of hydrogen-bond donors (Lipinski definition) is 1. The Morgan fingerprint density at radius 1 is 1.50 bits per heavy atom. The highest BCUT2D eigenvalue weighted by molar-refractivity contribution is 9.10. The lowest BCUT2D eigenvalue weighted by Gasteiger charge is -2.22. The molecular weight excluding hydrogens is 377 g/mol. The van der Waals surface area contributed by atoms with Crippen LogP contribution in [0.3, 0.4) is 0 Å². The fraction of sp³-hybridized carbons (Fsp3) is 0.364.